The zero-order valence-electron chi connectivity index (χ0n) is 23.6. The highest BCUT2D eigenvalue weighted by molar-refractivity contribution is 7.16. The lowest BCUT2D eigenvalue weighted by molar-refractivity contribution is -0.137. The number of hydrogen-bond acceptors (Lipinski definition) is 8. The number of ether oxygens (including phenoxy) is 1. The molecule has 0 spiro atoms. The van der Waals surface area contributed by atoms with Gasteiger partial charge in [0.2, 0.25) is 0 Å². The van der Waals surface area contributed by atoms with Gasteiger partial charge in [-0.15, -0.1) is 11.3 Å². The topological polar surface area (TPSA) is 82.6 Å². The van der Waals surface area contributed by atoms with E-state index in [1.54, 1.807) is 0 Å². The van der Waals surface area contributed by atoms with Gasteiger partial charge >= 0.3 is 19.3 Å². The Hall–Kier alpha value is -2.96. The third-order valence-corrected chi connectivity index (χ3v) is 8.29. The van der Waals surface area contributed by atoms with E-state index >= 15 is 0 Å². The molecule has 1 saturated heterocycles. The quantitative estimate of drug-likeness (QED) is 0.252. The Morgan fingerprint density at radius 3 is 2.23 bits per heavy atom. The Morgan fingerprint density at radius 1 is 1.10 bits per heavy atom. The second-order valence-corrected chi connectivity index (χ2v) is 11.5. The number of esters is 1. The first-order valence-electron chi connectivity index (χ1n) is 13.2. The Labute approximate surface area is 236 Å². The number of carbonyl (C=O) groups is 1. The maximum atomic E-state index is 13.2. The molecule has 2 aromatic heterocycles. The molecule has 1 saturated carbocycles. The van der Waals surface area contributed by atoms with Gasteiger partial charge in [0.25, 0.3) is 0 Å². The largest absolute Gasteiger partial charge is 0.494 e. The van der Waals surface area contributed by atoms with Gasteiger partial charge in [0.1, 0.15) is 11.4 Å². The second-order valence-electron chi connectivity index (χ2n) is 10.5. The van der Waals surface area contributed by atoms with Gasteiger partial charge in [-0.1, -0.05) is 38.1 Å². The van der Waals surface area contributed by atoms with Crippen LogP contribution in [0.2, 0.25) is 0 Å². The summed E-state index contributed by atoms with van der Waals surface area (Å²) < 4.78 is 56.6. The van der Waals surface area contributed by atoms with Crippen LogP contribution in [0.25, 0.3) is 11.3 Å². The lowest BCUT2D eigenvalue weighted by atomic mass is 9.78. The predicted octanol–water partition coefficient (Wildman–Crippen LogP) is 6.96. The van der Waals surface area contributed by atoms with E-state index in [-0.39, 0.29) is 11.4 Å². The highest BCUT2D eigenvalue weighted by Crippen LogP contribution is 2.48. The standard InChI is InChI=1S/C26H27BF3N3O4S.C2H6/c1-24(2)25(3,4)37-27(36-24)17-10-8-14(9-11-17)19-20(15-6-7-15)38-23(32-19)33-21-18(22(34)35-5)12-16(13-31-21)26(28,29)30;1-2/h8-13,15H,6-7H2,1-5H3,(H,31,32,33);1-2H3. The molecule has 1 aliphatic carbocycles. The summed E-state index contributed by atoms with van der Waals surface area (Å²) in [5.74, 6) is -0.617. The first kappa shape index (κ1) is 30.0. The van der Waals surface area contributed by atoms with Gasteiger partial charge in [-0.3, -0.25) is 0 Å². The summed E-state index contributed by atoms with van der Waals surface area (Å²) >= 11 is 1.40. The third-order valence-electron chi connectivity index (χ3n) is 7.16. The number of hydrogen-bond donors (Lipinski definition) is 1. The van der Waals surface area contributed by atoms with Crippen molar-refractivity contribution in [3.63, 3.8) is 0 Å². The monoisotopic (exact) mass is 575 g/mol. The van der Waals surface area contributed by atoms with Crippen molar-refractivity contribution in [3.05, 3.63) is 52.5 Å². The lowest BCUT2D eigenvalue weighted by Crippen LogP contribution is -2.41. The summed E-state index contributed by atoms with van der Waals surface area (Å²) in [6.07, 6.45) is -1.90. The molecule has 2 aliphatic rings. The summed E-state index contributed by atoms with van der Waals surface area (Å²) in [5.41, 5.74) is 0.325. The molecule has 12 heteroatoms. The molecule has 7 nitrogen and oxygen atoms in total. The van der Waals surface area contributed by atoms with Crippen LogP contribution in [0.5, 0.6) is 0 Å². The van der Waals surface area contributed by atoms with E-state index in [9.17, 15) is 18.0 Å². The minimum atomic E-state index is -4.64. The highest BCUT2D eigenvalue weighted by atomic mass is 32.1. The maximum absolute atomic E-state index is 13.2. The number of thiazole rings is 1. The van der Waals surface area contributed by atoms with Gasteiger partial charge in [-0.05, 0) is 58.0 Å². The molecule has 1 N–H and O–H groups in total. The fraction of sp³-hybridized carbons (Fsp3) is 0.464. The van der Waals surface area contributed by atoms with Crippen molar-refractivity contribution in [3.8, 4) is 11.3 Å². The summed E-state index contributed by atoms with van der Waals surface area (Å²) in [4.78, 5) is 21.9. The number of benzene rings is 1. The number of nitrogens with one attached hydrogen (secondary N) is 1. The van der Waals surface area contributed by atoms with E-state index in [4.69, 9.17) is 14.3 Å². The van der Waals surface area contributed by atoms with Gasteiger partial charge in [0.15, 0.2) is 5.13 Å². The first-order valence-corrected chi connectivity index (χ1v) is 14.0. The Morgan fingerprint density at radius 2 is 1.70 bits per heavy atom. The zero-order chi connectivity index (χ0) is 29.5. The van der Waals surface area contributed by atoms with Gasteiger partial charge in [-0.2, -0.15) is 13.2 Å². The van der Waals surface area contributed by atoms with Crippen LogP contribution in [0.1, 0.15) is 81.1 Å². The summed E-state index contributed by atoms with van der Waals surface area (Å²) in [7, 11) is 0.624. The van der Waals surface area contributed by atoms with E-state index in [1.807, 2.05) is 65.8 Å². The van der Waals surface area contributed by atoms with E-state index < -0.39 is 36.0 Å². The molecular weight excluding hydrogens is 542 g/mol. The van der Waals surface area contributed by atoms with Crippen molar-refractivity contribution in [1.82, 2.24) is 9.97 Å². The third kappa shape index (κ3) is 6.03. The van der Waals surface area contributed by atoms with Crippen molar-refractivity contribution in [2.45, 2.75) is 77.7 Å². The fourth-order valence-corrected chi connectivity index (χ4v) is 5.23. The van der Waals surface area contributed by atoms with Crippen LogP contribution in [0.15, 0.2) is 36.5 Å². The number of anilines is 2. The van der Waals surface area contributed by atoms with Crippen molar-refractivity contribution >= 4 is 40.8 Å². The molecule has 0 unspecified atom stereocenters. The number of methoxy groups -OCH3 is 1. The molecule has 5 rings (SSSR count). The summed E-state index contributed by atoms with van der Waals surface area (Å²) in [6.45, 7) is 12.0. The molecule has 3 heterocycles. The smallest absolute Gasteiger partial charge is 0.465 e. The normalized spacial score (nSPS) is 17.7. The molecule has 2 fully saturated rings. The van der Waals surface area contributed by atoms with E-state index in [0.717, 1.165) is 47.6 Å². The molecule has 0 radical (unpaired) electrons. The molecule has 3 aromatic rings. The van der Waals surface area contributed by atoms with Crippen LogP contribution in [0.3, 0.4) is 0 Å². The number of alkyl halides is 3. The van der Waals surface area contributed by atoms with Gasteiger partial charge in [-0.25, -0.2) is 14.8 Å². The van der Waals surface area contributed by atoms with E-state index in [0.29, 0.717) is 17.2 Å². The van der Waals surface area contributed by atoms with Crippen molar-refractivity contribution in [1.29, 1.82) is 0 Å². The number of aromatic nitrogens is 2. The Balaban J connectivity index is 0.00000181. The average Bonchev–Trinajstić information content (AvgIpc) is 3.63. The molecular formula is C28H33BF3N3O4S. The lowest BCUT2D eigenvalue weighted by Gasteiger charge is -2.32. The minimum absolute atomic E-state index is 0.0522. The van der Waals surface area contributed by atoms with Crippen LogP contribution in [0.4, 0.5) is 24.1 Å². The molecule has 40 heavy (non-hydrogen) atoms. The van der Waals surface area contributed by atoms with Crippen LogP contribution in [-0.2, 0) is 20.2 Å². The average molecular weight is 575 g/mol. The van der Waals surface area contributed by atoms with Crippen LogP contribution in [0, 0.1) is 0 Å². The second kappa shape index (κ2) is 11.1. The number of halogens is 3. The molecule has 0 bridgehead atoms. The Bertz CT molecular complexity index is 1360. The minimum Gasteiger partial charge on any atom is -0.465 e. The van der Waals surface area contributed by atoms with E-state index in [2.05, 4.69) is 15.0 Å². The van der Waals surface area contributed by atoms with Crippen LogP contribution >= 0.6 is 11.3 Å². The zero-order valence-corrected chi connectivity index (χ0v) is 24.4. The van der Waals surface area contributed by atoms with Gasteiger partial charge < -0.3 is 19.4 Å². The van der Waals surface area contributed by atoms with Crippen molar-refractivity contribution in [2.75, 3.05) is 12.4 Å². The van der Waals surface area contributed by atoms with Gasteiger partial charge in [0, 0.05) is 16.6 Å². The number of pyridine rings is 1. The van der Waals surface area contributed by atoms with E-state index in [1.165, 1.54) is 11.3 Å². The predicted molar refractivity (Wildman–Crippen MR) is 150 cm³/mol. The maximum Gasteiger partial charge on any atom is 0.494 e. The molecule has 214 valence electrons. The molecule has 0 amide bonds. The molecule has 1 aromatic carbocycles. The van der Waals surface area contributed by atoms with Crippen LogP contribution < -0.4 is 10.8 Å². The highest BCUT2D eigenvalue weighted by Gasteiger charge is 2.51. The van der Waals surface area contributed by atoms with Crippen molar-refractivity contribution < 1.29 is 32.0 Å². The SMILES string of the molecule is CC.COC(=O)c1cc(C(F)(F)F)cnc1Nc1nc(-c2ccc(B3OC(C)(C)C(C)(C)O3)cc2)c(C2CC2)s1. The molecule has 1 aliphatic heterocycles. The van der Waals surface area contributed by atoms with Crippen LogP contribution in [-0.4, -0.2) is 41.4 Å². The van der Waals surface area contributed by atoms with Gasteiger partial charge in [0.05, 0.1) is 29.6 Å². The molecule has 0 atom stereocenters. The summed E-state index contributed by atoms with van der Waals surface area (Å²) in [6, 6.07) is 8.55. The Kier molecular flexibility index (Phi) is 8.36. The first-order chi connectivity index (χ1) is 18.8. The fourth-order valence-electron chi connectivity index (χ4n) is 4.08. The van der Waals surface area contributed by atoms with Crippen molar-refractivity contribution in [2.24, 2.45) is 0 Å². The number of rotatable bonds is 6. The number of carbonyl (C=O) groups excluding carboxylic acids is 1. The number of nitrogens with zero attached hydrogens (tertiary/aromatic N) is 2. The summed E-state index contributed by atoms with van der Waals surface area (Å²) in [5, 5.41) is 3.37.